The molecule has 2 heteroatoms. The van der Waals surface area contributed by atoms with Crippen LogP contribution in [0.5, 0.6) is 5.75 Å². The average molecular weight is 362 g/mol. The lowest BCUT2D eigenvalue weighted by atomic mass is 10.0. The van der Waals surface area contributed by atoms with E-state index in [0.717, 1.165) is 18.8 Å². The van der Waals surface area contributed by atoms with E-state index in [4.69, 9.17) is 10.5 Å². The molecule has 0 aromatic heterocycles. The van der Waals surface area contributed by atoms with Crippen LogP contribution in [0, 0.1) is 0 Å². The molecule has 0 amide bonds. The minimum absolute atomic E-state index is 0.708. The van der Waals surface area contributed by atoms with E-state index in [1.54, 1.807) is 0 Å². The first-order valence-corrected chi connectivity index (χ1v) is 11.3. The highest BCUT2D eigenvalue weighted by molar-refractivity contribution is 5.27. The molecule has 0 aliphatic carbocycles. The van der Waals surface area contributed by atoms with Crippen LogP contribution in [0.3, 0.4) is 0 Å². The van der Waals surface area contributed by atoms with Gasteiger partial charge in [-0.25, -0.2) is 0 Å². The molecule has 0 spiro atoms. The summed E-state index contributed by atoms with van der Waals surface area (Å²) in [6.45, 7) is 3.84. The average Bonchev–Trinajstić information content (AvgIpc) is 2.66. The number of benzene rings is 1. The van der Waals surface area contributed by atoms with Crippen LogP contribution in [0.1, 0.15) is 102 Å². The Balaban J connectivity index is 1.80. The van der Waals surface area contributed by atoms with Gasteiger partial charge in [0.2, 0.25) is 0 Å². The third-order valence-electron chi connectivity index (χ3n) is 5.12. The molecular formula is C24H43NO. The molecule has 26 heavy (non-hydrogen) atoms. The fourth-order valence-corrected chi connectivity index (χ4v) is 3.41. The Bertz CT molecular complexity index is 401. The molecular weight excluding hydrogens is 318 g/mol. The molecule has 2 N–H and O–H groups in total. The van der Waals surface area contributed by atoms with Crippen LogP contribution in [0.15, 0.2) is 24.3 Å². The van der Waals surface area contributed by atoms with Gasteiger partial charge in [-0.3, -0.25) is 0 Å². The largest absolute Gasteiger partial charge is 0.494 e. The molecule has 1 aromatic rings. The molecule has 0 fully saturated rings. The maximum Gasteiger partial charge on any atom is 0.119 e. The summed E-state index contributed by atoms with van der Waals surface area (Å²) in [4.78, 5) is 0. The first kappa shape index (κ1) is 23.0. The lowest BCUT2D eigenvalue weighted by molar-refractivity contribution is 0.304. The molecule has 0 atom stereocenters. The van der Waals surface area contributed by atoms with Gasteiger partial charge >= 0.3 is 0 Å². The van der Waals surface area contributed by atoms with Crippen molar-refractivity contribution in [2.24, 2.45) is 5.73 Å². The summed E-state index contributed by atoms with van der Waals surface area (Å²) in [6.07, 6.45) is 20.5. The summed E-state index contributed by atoms with van der Waals surface area (Å²) in [5.74, 6) is 0.987. The molecule has 0 bridgehead atoms. The monoisotopic (exact) mass is 361 g/mol. The predicted molar refractivity (Wildman–Crippen MR) is 115 cm³/mol. The number of nitrogens with two attached hydrogens (primary N) is 1. The van der Waals surface area contributed by atoms with Crippen molar-refractivity contribution in [3.8, 4) is 5.75 Å². The molecule has 0 aliphatic heterocycles. The maximum atomic E-state index is 5.81. The Labute approximate surface area is 162 Å². The number of hydrogen-bond donors (Lipinski definition) is 1. The van der Waals surface area contributed by atoms with E-state index in [1.807, 2.05) is 0 Å². The molecule has 1 aromatic carbocycles. The second-order valence-corrected chi connectivity index (χ2v) is 7.63. The fourth-order valence-electron chi connectivity index (χ4n) is 3.41. The third-order valence-corrected chi connectivity index (χ3v) is 5.12. The zero-order chi connectivity index (χ0) is 18.7. The van der Waals surface area contributed by atoms with E-state index in [1.165, 1.54) is 95.5 Å². The van der Waals surface area contributed by atoms with Crippen LogP contribution in [0.25, 0.3) is 0 Å². The number of unbranched alkanes of at least 4 members (excludes halogenated alkanes) is 13. The smallest absolute Gasteiger partial charge is 0.119 e. The molecule has 0 aliphatic rings. The first-order chi connectivity index (χ1) is 12.9. The topological polar surface area (TPSA) is 35.2 Å². The zero-order valence-electron chi connectivity index (χ0n) is 17.3. The zero-order valence-corrected chi connectivity index (χ0v) is 17.3. The Morgan fingerprint density at radius 3 is 1.58 bits per heavy atom. The van der Waals surface area contributed by atoms with Crippen molar-refractivity contribution in [2.45, 2.75) is 103 Å². The standard InChI is InChI=1S/C24H43NO/c1-2-3-4-5-6-7-8-9-10-11-12-13-14-15-22-26-24-18-16-23(17-19-24)20-21-25/h16-19H,2-15,20-22,25H2,1H3. The van der Waals surface area contributed by atoms with Crippen molar-refractivity contribution in [3.05, 3.63) is 29.8 Å². The van der Waals surface area contributed by atoms with Gasteiger partial charge < -0.3 is 10.5 Å². The molecule has 0 heterocycles. The highest BCUT2D eigenvalue weighted by atomic mass is 16.5. The summed E-state index contributed by atoms with van der Waals surface area (Å²) in [7, 11) is 0. The Morgan fingerprint density at radius 2 is 1.12 bits per heavy atom. The highest BCUT2D eigenvalue weighted by Crippen LogP contribution is 2.15. The van der Waals surface area contributed by atoms with Gasteiger partial charge in [0, 0.05) is 0 Å². The lowest BCUT2D eigenvalue weighted by Gasteiger charge is -2.07. The van der Waals surface area contributed by atoms with Crippen molar-refractivity contribution in [3.63, 3.8) is 0 Å². The van der Waals surface area contributed by atoms with Crippen molar-refractivity contribution < 1.29 is 4.74 Å². The summed E-state index contributed by atoms with van der Waals surface area (Å²) < 4.78 is 5.81. The van der Waals surface area contributed by atoms with Crippen LogP contribution < -0.4 is 10.5 Å². The van der Waals surface area contributed by atoms with Crippen LogP contribution in [-0.4, -0.2) is 13.2 Å². The van der Waals surface area contributed by atoms with Gasteiger partial charge in [-0.15, -0.1) is 0 Å². The van der Waals surface area contributed by atoms with Gasteiger partial charge in [0.1, 0.15) is 5.75 Å². The highest BCUT2D eigenvalue weighted by Gasteiger charge is 1.97. The summed E-state index contributed by atoms with van der Waals surface area (Å²) in [5.41, 5.74) is 6.85. The van der Waals surface area contributed by atoms with Gasteiger partial charge in [0.05, 0.1) is 6.61 Å². The maximum absolute atomic E-state index is 5.81. The Hall–Kier alpha value is -1.02. The minimum atomic E-state index is 0.708. The Morgan fingerprint density at radius 1 is 0.654 bits per heavy atom. The van der Waals surface area contributed by atoms with Crippen molar-refractivity contribution in [1.29, 1.82) is 0 Å². The van der Waals surface area contributed by atoms with Gasteiger partial charge in [0.25, 0.3) is 0 Å². The van der Waals surface area contributed by atoms with Gasteiger partial charge in [-0.1, -0.05) is 103 Å². The molecule has 0 unspecified atom stereocenters. The number of ether oxygens (including phenoxy) is 1. The second-order valence-electron chi connectivity index (χ2n) is 7.63. The quantitative estimate of drug-likeness (QED) is 0.284. The summed E-state index contributed by atoms with van der Waals surface area (Å²) in [6, 6.07) is 8.37. The van der Waals surface area contributed by atoms with E-state index in [-0.39, 0.29) is 0 Å². The van der Waals surface area contributed by atoms with Crippen molar-refractivity contribution >= 4 is 0 Å². The van der Waals surface area contributed by atoms with E-state index in [9.17, 15) is 0 Å². The van der Waals surface area contributed by atoms with Gasteiger partial charge in [0.15, 0.2) is 0 Å². The normalized spacial score (nSPS) is 11.0. The van der Waals surface area contributed by atoms with Gasteiger partial charge in [-0.2, -0.15) is 0 Å². The fraction of sp³-hybridized carbons (Fsp3) is 0.750. The third kappa shape index (κ3) is 13.2. The van der Waals surface area contributed by atoms with Crippen LogP contribution >= 0.6 is 0 Å². The van der Waals surface area contributed by atoms with E-state index in [2.05, 4.69) is 31.2 Å². The lowest BCUT2D eigenvalue weighted by Crippen LogP contribution is -2.02. The SMILES string of the molecule is CCCCCCCCCCCCCCCCOc1ccc(CCN)cc1. The van der Waals surface area contributed by atoms with Gasteiger partial charge in [-0.05, 0) is 37.1 Å². The van der Waals surface area contributed by atoms with Crippen molar-refractivity contribution in [1.82, 2.24) is 0 Å². The minimum Gasteiger partial charge on any atom is -0.494 e. The number of hydrogen-bond acceptors (Lipinski definition) is 2. The predicted octanol–water partition coefficient (Wildman–Crippen LogP) is 7.05. The second kappa shape index (κ2) is 17.4. The van der Waals surface area contributed by atoms with Crippen molar-refractivity contribution in [2.75, 3.05) is 13.2 Å². The van der Waals surface area contributed by atoms with E-state index >= 15 is 0 Å². The molecule has 150 valence electrons. The molecule has 0 radical (unpaired) electrons. The molecule has 0 saturated heterocycles. The number of rotatable bonds is 18. The van der Waals surface area contributed by atoms with E-state index in [0.29, 0.717) is 6.54 Å². The van der Waals surface area contributed by atoms with Crippen LogP contribution in [0.4, 0.5) is 0 Å². The van der Waals surface area contributed by atoms with E-state index < -0.39 is 0 Å². The van der Waals surface area contributed by atoms with Crippen LogP contribution in [0.2, 0.25) is 0 Å². The Kier molecular flexibility index (Phi) is 15.4. The van der Waals surface area contributed by atoms with Crippen LogP contribution in [-0.2, 0) is 6.42 Å². The molecule has 2 nitrogen and oxygen atoms in total. The molecule has 1 rings (SSSR count). The summed E-state index contributed by atoms with van der Waals surface area (Å²) >= 11 is 0. The first-order valence-electron chi connectivity index (χ1n) is 11.3. The molecule has 0 saturated carbocycles. The summed E-state index contributed by atoms with van der Waals surface area (Å²) in [5, 5.41) is 0.